The lowest BCUT2D eigenvalue weighted by Gasteiger charge is -2.26. The van der Waals surface area contributed by atoms with E-state index in [1.54, 1.807) is 0 Å². The number of benzene rings is 2. The first-order valence-corrected chi connectivity index (χ1v) is 8.68. The number of carbonyl (C=O) groups excluding carboxylic acids is 1. The quantitative estimate of drug-likeness (QED) is 0.717. The van der Waals surface area contributed by atoms with Crippen molar-refractivity contribution < 1.29 is 9.53 Å². The van der Waals surface area contributed by atoms with E-state index in [1.165, 1.54) is 5.56 Å². The van der Waals surface area contributed by atoms with Crippen molar-refractivity contribution in [1.82, 2.24) is 10.2 Å². The van der Waals surface area contributed by atoms with E-state index < -0.39 is 0 Å². The van der Waals surface area contributed by atoms with Crippen LogP contribution in [-0.4, -0.2) is 37.1 Å². The van der Waals surface area contributed by atoms with Gasteiger partial charge in [-0.25, -0.2) is 0 Å². The summed E-state index contributed by atoms with van der Waals surface area (Å²) in [6.07, 6.45) is 0.370. The third-order valence-electron chi connectivity index (χ3n) is 4.37. The Morgan fingerprint density at radius 1 is 0.926 bits per heavy atom. The van der Waals surface area contributed by atoms with Gasteiger partial charge in [0.15, 0.2) is 0 Å². The normalized spacial score (nSPS) is 13.9. The molecule has 0 spiro atoms. The molecule has 0 atom stereocenters. The molecule has 0 radical (unpaired) electrons. The molecule has 3 N–H and O–H groups in total. The number of ether oxygens (including phenoxy) is 1. The van der Waals surface area contributed by atoms with E-state index in [1.807, 2.05) is 24.3 Å². The number of morpholine rings is 1. The van der Waals surface area contributed by atoms with Gasteiger partial charge in [-0.1, -0.05) is 36.4 Å². The van der Waals surface area contributed by atoms with E-state index in [2.05, 4.69) is 34.5 Å². The lowest BCUT2D eigenvalue weighted by molar-refractivity contribution is -0.120. The Balaban J connectivity index is 0.00000182. The lowest BCUT2D eigenvalue weighted by Crippen LogP contribution is -2.35. The number of anilines is 1. The number of carbonyl (C=O) groups is 1. The Labute approximate surface area is 173 Å². The second-order valence-corrected chi connectivity index (χ2v) is 6.40. The van der Waals surface area contributed by atoms with Crippen molar-refractivity contribution in [2.24, 2.45) is 0 Å². The Bertz CT molecular complexity index is 687. The minimum Gasteiger partial charge on any atom is -0.399 e. The van der Waals surface area contributed by atoms with Gasteiger partial charge in [0.1, 0.15) is 0 Å². The molecule has 1 fully saturated rings. The molecule has 1 amide bonds. The molecule has 0 unspecified atom stereocenters. The number of amides is 1. The SMILES string of the molecule is Cl.Cl.Nc1ccc(CC(=O)NCc2ccc(CN3CCOCC3)cc2)cc1. The molecule has 0 saturated carbocycles. The number of halogens is 2. The van der Waals surface area contributed by atoms with Gasteiger partial charge in [0.05, 0.1) is 19.6 Å². The standard InChI is InChI=1S/C20H25N3O2.2ClH/c21-19-7-5-16(6-8-19)13-20(24)22-14-17-1-3-18(4-2-17)15-23-9-11-25-12-10-23;;/h1-8H,9-15,21H2,(H,22,24);2*1H. The summed E-state index contributed by atoms with van der Waals surface area (Å²) in [6, 6.07) is 15.8. The molecule has 5 nitrogen and oxygen atoms in total. The van der Waals surface area contributed by atoms with Gasteiger partial charge in [0.25, 0.3) is 0 Å². The number of nitrogen functional groups attached to an aromatic ring is 1. The minimum atomic E-state index is 0. The maximum absolute atomic E-state index is 12.0. The van der Waals surface area contributed by atoms with Crippen LogP contribution in [0.25, 0.3) is 0 Å². The molecule has 2 aromatic rings. The van der Waals surface area contributed by atoms with Crippen LogP contribution in [0.3, 0.4) is 0 Å². The number of hydrogen-bond donors (Lipinski definition) is 2. The van der Waals surface area contributed by atoms with Crippen LogP contribution in [0.2, 0.25) is 0 Å². The maximum Gasteiger partial charge on any atom is 0.224 e. The van der Waals surface area contributed by atoms with Crippen LogP contribution in [0.4, 0.5) is 5.69 Å². The second kappa shape index (κ2) is 11.8. The lowest BCUT2D eigenvalue weighted by atomic mass is 10.1. The van der Waals surface area contributed by atoms with Gasteiger partial charge in [0.2, 0.25) is 5.91 Å². The highest BCUT2D eigenvalue weighted by molar-refractivity contribution is 5.85. The summed E-state index contributed by atoms with van der Waals surface area (Å²) in [5.41, 5.74) is 9.73. The summed E-state index contributed by atoms with van der Waals surface area (Å²) >= 11 is 0. The fraction of sp³-hybridized carbons (Fsp3) is 0.350. The van der Waals surface area contributed by atoms with Crippen molar-refractivity contribution in [2.75, 3.05) is 32.0 Å². The van der Waals surface area contributed by atoms with Gasteiger partial charge < -0.3 is 15.8 Å². The number of nitrogens with one attached hydrogen (secondary N) is 1. The van der Waals surface area contributed by atoms with Crippen molar-refractivity contribution in [1.29, 1.82) is 0 Å². The minimum absolute atomic E-state index is 0. The molecule has 3 rings (SSSR count). The summed E-state index contributed by atoms with van der Waals surface area (Å²) in [7, 11) is 0. The largest absolute Gasteiger partial charge is 0.399 e. The van der Waals surface area contributed by atoms with E-state index in [4.69, 9.17) is 10.5 Å². The fourth-order valence-corrected chi connectivity index (χ4v) is 2.86. The van der Waals surface area contributed by atoms with Gasteiger partial charge in [-0.05, 0) is 28.8 Å². The molecular weight excluding hydrogens is 385 g/mol. The van der Waals surface area contributed by atoms with Gasteiger partial charge in [-0.3, -0.25) is 9.69 Å². The van der Waals surface area contributed by atoms with Crippen LogP contribution in [0.15, 0.2) is 48.5 Å². The Morgan fingerprint density at radius 2 is 1.48 bits per heavy atom. The highest BCUT2D eigenvalue weighted by Crippen LogP contribution is 2.10. The third-order valence-corrected chi connectivity index (χ3v) is 4.37. The van der Waals surface area contributed by atoms with Crippen molar-refractivity contribution in [3.05, 3.63) is 65.2 Å². The molecule has 27 heavy (non-hydrogen) atoms. The molecule has 1 aliphatic heterocycles. The monoisotopic (exact) mass is 411 g/mol. The van der Waals surface area contributed by atoms with Crippen molar-refractivity contribution >= 4 is 36.4 Å². The molecule has 1 heterocycles. The van der Waals surface area contributed by atoms with E-state index in [-0.39, 0.29) is 30.7 Å². The first kappa shape index (κ1) is 23.2. The predicted molar refractivity (Wildman–Crippen MR) is 113 cm³/mol. The van der Waals surface area contributed by atoms with E-state index >= 15 is 0 Å². The highest BCUT2D eigenvalue weighted by atomic mass is 35.5. The third kappa shape index (κ3) is 7.77. The topological polar surface area (TPSA) is 67.6 Å². The van der Waals surface area contributed by atoms with Crippen molar-refractivity contribution in [2.45, 2.75) is 19.5 Å². The van der Waals surface area contributed by atoms with Crippen LogP contribution in [0, 0.1) is 0 Å². The predicted octanol–water partition coefficient (Wildman–Crippen LogP) is 2.80. The molecule has 0 aliphatic carbocycles. The van der Waals surface area contributed by atoms with Crippen LogP contribution in [-0.2, 0) is 29.0 Å². The van der Waals surface area contributed by atoms with Crippen LogP contribution < -0.4 is 11.1 Å². The summed E-state index contributed by atoms with van der Waals surface area (Å²) in [6.45, 7) is 5.11. The molecule has 1 aliphatic rings. The molecule has 148 valence electrons. The molecule has 0 bridgehead atoms. The van der Waals surface area contributed by atoms with Crippen LogP contribution >= 0.6 is 24.8 Å². The van der Waals surface area contributed by atoms with Gasteiger partial charge in [-0.15, -0.1) is 24.8 Å². The van der Waals surface area contributed by atoms with Gasteiger partial charge in [-0.2, -0.15) is 0 Å². The number of nitrogens with zero attached hydrogens (tertiary/aromatic N) is 1. The Kier molecular flexibility index (Phi) is 10.2. The molecule has 7 heteroatoms. The average molecular weight is 412 g/mol. The Morgan fingerprint density at radius 3 is 2.11 bits per heavy atom. The molecule has 2 aromatic carbocycles. The van der Waals surface area contributed by atoms with Crippen LogP contribution in [0.1, 0.15) is 16.7 Å². The fourth-order valence-electron chi connectivity index (χ4n) is 2.86. The number of nitrogens with two attached hydrogens (primary N) is 1. The van der Waals surface area contributed by atoms with Gasteiger partial charge in [0, 0.05) is 31.9 Å². The molecule has 1 saturated heterocycles. The summed E-state index contributed by atoms with van der Waals surface area (Å²) in [5.74, 6) is 0.0159. The number of hydrogen-bond acceptors (Lipinski definition) is 4. The molecule has 0 aromatic heterocycles. The van der Waals surface area contributed by atoms with Crippen LogP contribution in [0.5, 0.6) is 0 Å². The highest BCUT2D eigenvalue weighted by Gasteiger charge is 2.10. The molecular formula is C20H27Cl2N3O2. The summed E-state index contributed by atoms with van der Waals surface area (Å²) < 4.78 is 5.37. The number of rotatable bonds is 6. The van der Waals surface area contributed by atoms with E-state index in [0.29, 0.717) is 18.7 Å². The Hall–Kier alpha value is -1.79. The smallest absolute Gasteiger partial charge is 0.224 e. The van der Waals surface area contributed by atoms with E-state index in [0.717, 1.165) is 44.0 Å². The first-order chi connectivity index (χ1) is 12.2. The zero-order valence-electron chi connectivity index (χ0n) is 15.2. The van der Waals surface area contributed by atoms with Gasteiger partial charge >= 0.3 is 0 Å². The zero-order chi connectivity index (χ0) is 17.5. The first-order valence-electron chi connectivity index (χ1n) is 8.68. The summed E-state index contributed by atoms with van der Waals surface area (Å²) in [4.78, 5) is 14.4. The zero-order valence-corrected chi connectivity index (χ0v) is 16.9. The average Bonchev–Trinajstić information content (AvgIpc) is 2.64. The summed E-state index contributed by atoms with van der Waals surface area (Å²) in [5, 5.41) is 2.97. The second-order valence-electron chi connectivity index (χ2n) is 6.40. The van der Waals surface area contributed by atoms with E-state index in [9.17, 15) is 4.79 Å². The van der Waals surface area contributed by atoms with Crippen molar-refractivity contribution in [3.8, 4) is 0 Å². The maximum atomic E-state index is 12.0. The van der Waals surface area contributed by atoms with Crippen molar-refractivity contribution in [3.63, 3.8) is 0 Å².